The Balaban J connectivity index is 1.50. The highest BCUT2D eigenvalue weighted by atomic mass is 32.1. The van der Waals surface area contributed by atoms with Gasteiger partial charge in [-0.25, -0.2) is 4.98 Å². The molecule has 2 N–H and O–H groups in total. The Labute approximate surface area is 147 Å². The second-order valence-corrected chi connectivity index (χ2v) is 6.74. The fourth-order valence-corrected chi connectivity index (χ4v) is 3.55. The molecule has 1 atom stereocenters. The van der Waals surface area contributed by atoms with Crippen LogP contribution in [-0.4, -0.2) is 22.8 Å². The molecular formula is C18H15N3O3S. The highest BCUT2D eigenvalue weighted by Gasteiger charge is 2.27. The Kier molecular flexibility index (Phi) is 4.07. The molecule has 7 heteroatoms. The predicted octanol–water partition coefficient (Wildman–Crippen LogP) is 3.31. The van der Waals surface area contributed by atoms with Crippen LogP contribution in [0.25, 0.3) is 10.2 Å². The molecule has 1 aromatic heterocycles. The minimum Gasteiger partial charge on any atom is -0.457 e. The van der Waals surface area contributed by atoms with E-state index in [1.54, 1.807) is 0 Å². The fraction of sp³-hybridized carbons (Fsp3) is 0.167. The summed E-state index contributed by atoms with van der Waals surface area (Å²) in [5.41, 5.74) is 0.788. The molecule has 0 bridgehead atoms. The van der Waals surface area contributed by atoms with Crippen LogP contribution in [0, 0.1) is 0 Å². The van der Waals surface area contributed by atoms with Gasteiger partial charge in [0.15, 0.2) is 5.13 Å². The van der Waals surface area contributed by atoms with Gasteiger partial charge in [0.1, 0.15) is 17.5 Å². The number of rotatable bonds is 4. The number of hydrogen-bond acceptors (Lipinski definition) is 5. The van der Waals surface area contributed by atoms with Gasteiger partial charge in [-0.05, 0) is 30.7 Å². The molecule has 0 saturated carbocycles. The average Bonchev–Trinajstić information content (AvgIpc) is 3.21. The summed E-state index contributed by atoms with van der Waals surface area (Å²) in [5, 5.41) is 5.94. The van der Waals surface area contributed by atoms with E-state index in [1.807, 2.05) is 48.5 Å². The second kappa shape index (κ2) is 6.52. The zero-order valence-electron chi connectivity index (χ0n) is 13.2. The maximum absolute atomic E-state index is 12.2. The standard InChI is InChI=1S/C18H15N3O3S/c22-16-9-8-14(19-16)17(23)21-18-20-13-7-6-12(10-15(13)25-18)24-11-4-2-1-3-5-11/h1-7,10,14H,8-9H2,(H,19,22)(H,20,21,23)/t14-/m1/s1. The van der Waals surface area contributed by atoms with Gasteiger partial charge in [-0.3, -0.25) is 9.59 Å². The number of aromatic nitrogens is 1. The summed E-state index contributed by atoms with van der Waals surface area (Å²) in [6, 6.07) is 14.7. The van der Waals surface area contributed by atoms with Crippen molar-refractivity contribution in [1.29, 1.82) is 0 Å². The van der Waals surface area contributed by atoms with Crippen molar-refractivity contribution in [2.75, 3.05) is 5.32 Å². The number of amides is 2. The Bertz CT molecular complexity index is 939. The SMILES string of the molecule is O=C1CC[C@H](C(=O)Nc2nc3ccc(Oc4ccccc4)cc3s2)N1. The lowest BCUT2D eigenvalue weighted by Crippen LogP contribution is -2.37. The summed E-state index contributed by atoms with van der Waals surface area (Å²) in [6.07, 6.45) is 0.905. The molecule has 6 nitrogen and oxygen atoms in total. The van der Waals surface area contributed by atoms with Gasteiger partial charge in [0.05, 0.1) is 10.2 Å². The van der Waals surface area contributed by atoms with Crippen molar-refractivity contribution in [3.8, 4) is 11.5 Å². The second-order valence-electron chi connectivity index (χ2n) is 5.71. The van der Waals surface area contributed by atoms with Crippen LogP contribution in [-0.2, 0) is 9.59 Å². The number of carbonyl (C=O) groups is 2. The van der Waals surface area contributed by atoms with Crippen LogP contribution in [0.2, 0.25) is 0 Å². The molecule has 2 heterocycles. The zero-order chi connectivity index (χ0) is 17.2. The minimum atomic E-state index is -0.475. The fourth-order valence-electron chi connectivity index (χ4n) is 2.65. The number of fused-ring (bicyclic) bond motifs is 1. The Morgan fingerprint density at radius 3 is 2.80 bits per heavy atom. The van der Waals surface area contributed by atoms with E-state index in [0.717, 1.165) is 16.0 Å². The molecule has 0 radical (unpaired) electrons. The third-order valence-corrected chi connectivity index (χ3v) is 4.81. The van der Waals surface area contributed by atoms with Crippen LogP contribution in [0.4, 0.5) is 5.13 Å². The lowest BCUT2D eigenvalue weighted by Gasteiger charge is -2.08. The van der Waals surface area contributed by atoms with Gasteiger partial charge in [0.25, 0.3) is 0 Å². The summed E-state index contributed by atoms with van der Waals surface area (Å²) >= 11 is 1.37. The molecule has 0 spiro atoms. The van der Waals surface area contributed by atoms with Gasteiger partial charge in [0, 0.05) is 12.5 Å². The number of para-hydroxylation sites is 1. The third-order valence-electron chi connectivity index (χ3n) is 3.88. The number of nitrogens with one attached hydrogen (secondary N) is 2. The normalized spacial score (nSPS) is 16.6. The maximum Gasteiger partial charge on any atom is 0.248 e. The van der Waals surface area contributed by atoms with E-state index in [4.69, 9.17) is 4.74 Å². The van der Waals surface area contributed by atoms with Crippen molar-refractivity contribution in [3.05, 3.63) is 48.5 Å². The highest BCUT2D eigenvalue weighted by Crippen LogP contribution is 2.31. The monoisotopic (exact) mass is 353 g/mol. The number of thiazole rings is 1. The molecule has 1 aliphatic heterocycles. The maximum atomic E-state index is 12.2. The summed E-state index contributed by atoms with van der Waals surface area (Å²) in [4.78, 5) is 27.8. The molecule has 1 aliphatic rings. The molecule has 126 valence electrons. The van der Waals surface area contributed by atoms with Crippen molar-refractivity contribution in [2.24, 2.45) is 0 Å². The molecule has 1 saturated heterocycles. The first-order valence-electron chi connectivity index (χ1n) is 7.91. The van der Waals surface area contributed by atoms with Crippen LogP contribution in [0.1, 0.15) is 12.8 Å². The summed E-state index contributed by atoms with van der Waals surface area (Å²) in [5.74, 6) is 1.15. The molecule has 1 fully saturated rings. The largest absolute Gasteiger partial charge is 0.457 e. The van der Waals surface area contributed by atoms with Gasteiger partial charge < -0.3 is 15.4 Å². The predicted molar refractivity (Wildman–Crippen MR) is 95.9 cm³/mol. The van der Waals surface area contributed by atoms with Gasteiger partial charge in [0.2, 0.25) is 11.8 Å². The molecule has 2 aromatic carbocycles. The summed E-state index contributed by atoms with van der Waals surface area (Å²) in [6.45, 7) is 0. The molecule has 0 unspecified atom stereocenters. The van der Waals surface area contributed by atoms with E-state index in [-0.39, 0.29) is 11.8 Å². The molecule has 4 rings (SSSR count). The topological polar surface area (TPSA) is 80.3 Å². The van der Waals surface area contributed by atoms with E-state index in [0.29, 0.717) is 23.7 Å². The first kappa shape index (κ1) is 15.6. The van der Waals surface area contributed by atoms with Gasteiger partial charge in [-0.1, -0.05) is 29.5 Å². The van der Waals surface area contributed by atoms with Crippen LogP contribution >= 0.6 is 11.3 Å². The van der Waals surface area contributed by atoms with Crippen LogP contribution < -0.4 is 15.4 Å². The van der Waals surface area contributed by atoms with Crippen molar-refractivity contribution >= 4 is 38.5 Å². The first-order valence-corrected chi connectivity index (χ1v) is 8.73. The summed E-state index contributed by atoms with van der Waals surface area (Å²) < 4.78 is 6.73. The quantitative estimate of drug-likeness (QED) is 0.754. The van der Waals surface area contributed by atoms with Crippen LogP contribution in [0.3, 0.4) is 0 Å². The van der Waals surface area contributed by atoms with Crippen molar-refractivity contribution in [2.45, 2.75) is 18.9 Å². The number of benzene rings is 2. The average molecular weight is 353 g/mol. The zero-order valence-corrected chi connectivity index (χ0v) is 14.0. The molecule has 2 amide bonds. The van der Waals surface area contributed by atoms with Gasteiger partial charge >= 0.3 is 0 Å². The molecule has 25 heavy (non-hydrogen) atoms. The van der Waals surface area contributed by atoms with Gasteiger partial charge in [-0.2, -0.15) is 0 Å². The van der Waals surface area contributed by atoms with Crippen molar-refractivity contribution in [1.82, 2.24) is 10.3 Å². The number of anilines is 1. The lowest BCUT2D eigenvalue weighted by atomic mass is 10.2. The minimum absolute atomic E-state index is 0.0906. The molecule has 0 aliphatic carbocycles. The lowest BCUT2D eigenvalue weighted by molar-refractivity contribution is -0.122. The van der Waals surface area contributed by atoms with E-state index in [2.05, 4.69) is 15.6 Å². The number of hydrogen-bond donors (Lipinski definition) is 2. The van der Waals surface area contributed by atoms with E-state index in [1.165, 1.54) is 11.3 Å². The number of ether oxygens (including phenoxy) is 1. The van der Waals surface area contributed by atoms with Crippen LogP contribution in [0.15, 0.2) is 48.5 Å². The Morgan fingerprint density at radius 1 is 1.20 bits per heavy atom. The van der Waals surface area contributed by atoms with E-state index < -0.39 is 6.04 Å². The summed E-state index contributed by atoms with van der Waals surface area (Å²) in [7, 11) is 0. The molecular weight excluding hydrogens is 338 g/mol. The van der Waals surface area contributed by atoms with E-state index in [9.17, 15) is 9.59 Å². The first-order chi connectivity index (χ1) is 12.2. The smallest absolute Gasteiger partial charge is 0.248 e. The highest BCUT2D eigenvalue weighted by molar-refractivity contribution is 7.22. The molecule has 3 aromatic rings. The van der Waals surface area contributed by atoms with Crippen LogP contribution in [0.5, 0.6) is 11.5 Å². The Hall–Kier alpha value is -2.93. The van der Waals surface area contributed by atoms with Gasteiger partial charge in [-0.15, -0.1) is 0 Å². The van der Waals surface area contributed by atoms with Crippen molar-refractivity contribution < 1.29 is 14.3 Å². The number of carbonyl (C=O) groups excluding carboxylic acids is 2. The third kappa shape index (κ3) is 3.46. The van der Waals surface area contributed by atoms with E-state index >= 15 is 0 Å². The Morgan fingerprint density at radius 2 is 2.04 bits per heavy atom. The number of nitrogens with zero attached hydrogens (tertiary/aromatic N) is 1. The van der Waals surface area contributed by atoms with Crippen molar-refractivity contribution in [3.63, 3.8) is 0 Å².